The second-order valence-corrected chi connectivity index (χ2v) is 1.94. The van der Waals surface area contributed by atoms with E-state index < -0.39 is 30.9 Å². The summed E-state index contributed by atoms with van der Waals surface area (Å²) < 4.78 is 13.3. The SMILES string of the molecule is [2H]C(=O)CC(NC(=O)CC)C([2H])=O. The van der Waals surface area contributed by atoms with Gasteiger partial charge in [-0.3, -0.25) is 4.79 Å². The summed E-state index contributed by atoms with van der Waals surface area (Å²) in [6, 6.07) is -1.17. The lowest BCUT2D eigenvalue weighted by molar-refractivity contribution is -0.124. The Bertz CT molecular complexity index is 230. The zero-order valence-electron chi connectivity index (χ0n) is 8.22. The van der Waals surface area contributed by atoms with E-state index in [1.807, 2.05) is 0 Å². The van der Waals surface area contributed by atoms with E-state index in [9.17, 15) is 14.4 Å². The lowest BCUT2D eigenvalue weighted by atomic mass is 10.2. The van der Waals surface area contributed by atoms with Crippen molar-refractivity contribution in [2.24, 2.45) is 0 Å². The van der Waals surface area contributed by atoms with Crippen LogP contribution in [-0.2, 0) is 14.4 Å². The maximum Gasteiger partial charge on any atom is 0.220 e. The van der Waals surface area contributed by atoms with Gasteiger partial charge in [-0.05, 0) is 0 Å². The van der Waals surface area contributed by atoms with Crippen molar-refractivity contribution in [3.63, 3.8) is 0 Å². The van der Waals surface area contributed by atoms with Crippen molar-refractivity contribution >= 4 is 18.4 Å². The molecule has 4 nitrogen and oxygen atoms in total. The summed E-state index contributed by atoms with van der Waals surface area (Å²) in [5.41, 5.74) is 0. The maximum atomic E-state index is 10.8. The number of hydrogen-bond donors (Lipinski definition) is 1. The third-order valence-electron chi connectivity index (χ3n) is 1.09. The van der Waals surface area contributed by atoms with Crippen LogP contribution >= 0.6 is 0 Å². The molecule has 1 amide bonds. The second kappa shape index (κ2) is 5.58. The summed E-state index contributed by atoms with van der Waals surface area (Å²) in [5.74, 6) is -0.410. The summed E-state index contributed by atoms with van der Waals surface area (Å²) in [6.07, 6.45) is -2.28. The Morgan fingerprint density at radius 1 is 1.73 bits per heavy atom. The smallest absolute Gasteiger partial charge is 0.220 e. The van der Waals surface area contributed by atoms with Gasteiger partial charge in [0.25, 0.3) is 0 Å². The van der Waals surface area contributed by atoms with E-state index in [-0.39, 0.29) is 6.42 Å². The first-order chi connectivity index (χ1) is 5.97. The van der Waals surface area contributed by atoms with Crippen LogP contribution in [0.2, 0.25) is 0 Å². The summed E-state index contributed by atoms with van der Waals surface area (Å²) in [4.78, 5) is 31.6. The first kappa shape index (κ1) is 6.52. The zero-order chi connectivity index (χ0) is 10.4. The van der Waals surface area contributed by atoms with Crippen molar-refractivity contribution in [2.45, 2.75) is 25.8 Å². The summed E-state index contributed by atoms with van der Waals surface area (Å²) in [7, 11) is 0. The molecular weight excluding hydrogens is 146 g/mol. The Morgan fingerprint density at radius 2 is 2.36 bits per heavy atom. The van der Waals surface area contributed by atoms with Crippen LogP contribution in [0, 0.1) is 0 Å². The molecule has 1 atom stereocenters. The zero-order valence-corrected chi connectivity index (χ0v) is 6.22. The normalized spacial score (nSPS) is 14.3. The van der Waals surface area contributed by atoms with Crippen molar-refractivity contribution < 1.29 is 17.1 Å². The average molecular weight is 159 g/mol. The van der Waals surface area contributed by atoms with Gasteiger partial charge in [-0.15, -0.1) is 0 Å². The minimum absolute atomic E-state index is 0.177. The standard InChI is InChI=1S/C7H11NO3/c1-2-7(11)8-6(5-10)3-4-9/h4-6H,2-3H2,1H3,(H,8,11)/i4D,5D. The molecule has 1 unspecified atom stereocenters. The number of aldehydes is 2. The fourth-order valence-corrected chi connectivity index (χ4v) is 0.502. The van der Waals surface area contributed by atoms with Gasteiger partial charge in [0.05, 0.1) is 6.04 Å². The van der Waals surface area contributed by atoms with E-state index in [1.54, 1.807) is 6.92 Å². The first-order valence-corrected chi connectivity index (χ1v) is 3.26. The Balaban J connectivity index is 4.18. The highest BCUT2D eigenvalue weighted by Gasteiger charge is 2.07. The molecule has 4 heteroatoms. The van der Waals surface area contributed by atoms with Gasteiger partial charge < -0.3 is 14.9 Å². The van der Waals surface area contributed by atoms with Crippen LogP contribution in [-0.4, -0.2) is 24.5 Å². The molecule has 0 saturated heterocycles. The lowest BCUT2D eigenvalue weighted by Gasteiger charge is -2.07. The predicted molar refractivity (Wildman–Crippen MR) is 39.0 cm³/mol. The molecule has 0 rings (SSSR count). The molecule has 0 aliphatic heterocycles. The molecule has 0 radical (unpaired) electrons. The Morgan fingerprint density at radius 3 is 2.73 bits per heavy atom. The summed E-state index contributed by atoms with van der Waals surface area (Å²) >= 11 is 0. The van der Waals surface area contributed by atoms with Crippen LogP contribution in [0.5, 0.6) is 0 Å². The average Bonchev–Trinajstić information content (AvgIpc) is 2.02. The highest BCUT2D eigenvalue weighted by molar-refractivity contribution is 5.80. The number of amides is 1. The largest absolute Gasteiger partial charge is 0.346 e. The molecule has 0 aromatic carbocycles. The Kier molecular flexibility index (Phi) is 3.31. The number of rotatable bonds is 5. The molecule has 0 fully saturated rings. The summed E-state index contributed by atoms with van der Waals surface area (Å²) in [5, 5.41) is 2.18. The minimum Gasteiger partial charge on any atom is -0.346 e. The summed E-state index contributed by atoms with van der Waals surface area (Å²) in [6.45, 7) is 1.59. The van der Waals surface area contributed by atoms with Gasteiger partial charge >= 0.3 is 0 Å². The van der Waals surface area contributed by atoms with Crippen molar-refractivity contribution in [1.29, 1.82) is 0 Å². The number of carbonyl (C=O) groups is 3. The molecule has 0 aromatic heterocycles. The minimum atomic E-state index is -1.17. The molecule has 0 heterocycles. The van der Waals surface area contributed by atoms with Gasteiger partial charge in [0.15, 0.2) is 0 Å². The van der Waals surface area contributed by atoms with Crippen LogP contribution in [0.25, 0.3) is 0 Å². The van der Waals surface area contributed by atoms with Gasteiger partial charge in [-0.2, -0.15) is 0 Å². The van der Waals surface area contributed by atoms with E-state index in [1.165, 1.54) is 0 Å². The molecule has 0 saturated carbocycles. The second-order valence-electron chi connectivity index (χ2n) is 1.94. The van der Waals surface area contributed by atoms with Gasteiger partial charge in [0.2, 0.25) is 5.91 Å². The highest BCUT2D eigenvalue weighted by atomic mass is 16.2. The monoisotopic (exact) mass is 159 g/mol. The topological polar surface area (TPSA) is 63.2 Å². The van der Waals surface area contributed by atoms with E-state index in [0.717, 1.165) is 0 Å². The van der Waals surface area contributed by atoms with Crippen molar-refractivity contribution in [3.05, 3.63) is 0 Å². The molecule has 11 heavy (non-hydrogen) atoms. The fraction of sp³-hybridized carbons (Fsp3) is 0.571. The van der Waals surface area contributed by atoms with Crippen molar-refractivity contribution in [3.8, 4) is 0 Å². The maximum absolute atomic E-state index is 10.8. The predicted octanol–water partition coefficient (Wildman–Crippen LogP) is -0.331. The van der Waals surface area contributed by atoms with Gasteiger partial charge in [0.1, 0.15) is 15.3 Å². The third-order valence-corrected chi connectivity index (χ3v) is 1.09. The van der Waals surface area contributed by atoms with E-state index in [2.05, 4.69) is 5.32 Å². The third kappa shape index (κ3) is 4.25. The van der Waals surface area contributed by atoms with Gasteiger partial charge in [-0.1, -0.05) is 6.92 Å². The Hall–Kier alpha value is -1.19. The van der Waals surface area contributed by atoms with Crippen LogP contribution < -0.4 is 5.32 Å². The molecule has 1 N–H and O–H groups in total. The van der Waals surface area contributed by atoms with Gasteiger partial charge in [0, 0.05) is 12.8 Å². The van der Waals surface area contributed by atoms with Crippen LogP contribution in [0.1, 0.15) is 22.5 Å². The van der Waals surface area contributed by atoms with E-state index in [4.69, 9.17) is 2.74 Å². The van der Waals surface area contributed by atoms with E-state index in [0.29, 0.717) is 0 Å². The number of carbonyl (C=O) groups excluding carboxylic acids is 3. The lowest BCUT2D eigenvalue weighted by Crippen LogP contribution is -2.35. The highest BCUT2D eigenvalue weighted by Crippen LogP contribution is 1.85. The quantitative estimate of drug-likeness (QED) is 0.558. The Labute approximate surface area is 67.8 Å². The number of nitrogens with one attached hydrogen (secondary N) is 1. The molecule has 62 valence electrons. The van der Waals surface area contributed by atoms with Crippen LogP contribution in [0.15, 0.2) is 0 Å². The molecule has 0 bridgehead atoms. The molecule has 0 aliphatic rings. The molecule has 0 aliphatic carbocycles. The van der Waals surface area contributed by atoms with Crippen molar-refractivity contribution in [1.82, 2.24) is 5.32 Å². The number of hydrogen-bond acceptors (Lipinski definition) is 3. The van der Waals surface area contributed by atoms with E-state index >= 15 is 0 Å². The van der Waals surface area contributed by atoms with Gasteiger partial charge in [-0.25, -0.2) is 0 Å². The molecular formula is C7H11NO3. The molecule has 0 aromatic rings. The van der Waals surface area contributed by atoms with Crippen LogP contribution in [0.3, 0.4) is 0 Å². The first-order valence-electron chi connectivity index (χ1n) is 4.26. The van der Waals surface area contributed by atoms with Crippen molar-refractivity contribution in [2.75, 3.05) is 0 Å². The fourth-order valence-electron chi connectivity index (χ4n) is 0.502. The molecule has 0 spiro atoms. The van der Waals surface area contributed by atoms with Crippen LogP contribution in [0.4, 0.5) is 0 Å².